The van der Waals surface area contributed by atoms with Crippen LogP contribution in [0.4, 0.5) is 13.2 Å². The smallest absolute Gasteiger partial charge is 0.223 e. The Hall–Kier alpha value is -1.89. The van der Waals surface area contributed by atoms with Gasteiger partial charge in [0.25, 0.3) is 0 Å². The number of ketones is 1. The molecule has 3 fully saturated rings. The third-order valence-electron chi connectivity index (χ3n) is 7.35. The zero-order valence-electron chi connectivity index (χ0n) is 17.1. The van der Waals surface area contributed by atoms with Gasteiger partial charge in [0.2, 0.25) is 5.91 Å². The molecule has 2 N–H and O–H groups in total. The Morgan fingerprint density at radius 1 is 0.967 bits per heavy atom. The summed E-state index contributed by atoms with van der Waals surface area (Å²) < 4.78 is 40.6. The van der Waals surface area contributed by atoms with Gasteiger partial charge in [-0.15, -0.1) is 0 Å². The highest BCUT2D eigenvalue weighted by Crippen LogP contribution is 2.41. The Morgan fingerprint density at radius 3 is 2.20 bits per heavy atom. The number of hydrogen-bond donors (Lipinski definition) is 1. The van der Waals surface area contributed by atoms with Crippen molar-refractivity contribution in [1.82, 2.24) is 4.90 Å². The van der Waals surface area contributed by atoms with E-state index in [1.165, 1.54) is 0 Å². The molecule has 4 atom stereocenters. The highest BCUT2D eigenvalue weighted by Gasteiger charge is 2.44. The van der Waals surface area contributed by atoms with Gasteiger partial charge in [0.15, 0.2) is 11.6 Å². The second-order valence-corrected chi connectivity index (χ2v) is 9.24. The van der Waals surface area contributed by atoms with Gasteiger partial charge < -0.3 is 10.6 Å². The van der Waals surface area contributed by atoms with Crippen molar-refractivity contribution < 1.29 is 22.8 Å². The van der Waals surface area contributed by atoms with E-state index in [0.29, 0.717) is 12.5 Å². The van der Waals surface area contributed by atoms with Crippen molar-refractivity contribution >= 4 is 11.7 Å². The molecule has 2 aliphatic heterocycles. The number of piperidine rings is 1. The summed E-state index contributed by atoms with van der Waals surface area (Å²) in [5.41, 5.74) is 6.42. The van der Waals surface area contributed by atoms with Crippen LogP contribution in [-0.2, 0) is 16.0 Å². The lowest BCUT2D eigenvalue weighted by Crippen LogP contribution is -2.50. The molecule has 2 heterocycles. The van der Waals surface area contributed by atoms with E-state index in [-0.39, 0.29) is 60.1 Å². The maximum absolute atomic E-state index is 14.0. The third kappa shape index (κ3) is 4.27. The van der Waals surface area contributed by atoms with E-state index in [4.69, 9.17) is 5.73 Å². The van der Waals surface area contributed by atoms with Crippen molar-refractivity contribution in [3.8, 4) is 0 Å². The minimum Gasteiger partial charge on any atom is -0.337 e. The van der Waals surface area contributed by atoms with E-state index >= 15 is 0 Å². The topological polar surface area (TPSA) is 63.4 Å². The quantitative estimate of drug-likeness (QED) is 0.678. The highest BCUT2D eigenvalue weighted by atomic mass is 19.2. The van der Waals surface area contributed by atoms with Crippen LogP contribution in [0.1, 0.15) is 63.4 Å². The molecule has 1 unspecified atom stereocenters. The van der Waals surface area contributed by atoms with Crippen molar-refractivity contribution in [2.75, 3.05) is 0 Å². The molecule has 7 heteroatoms. The molecule has 4 nitrogen and oxygen atoms in total. The SMILES string of the molecule is N[C@H](Cc1cc(F)c(F)cc1F)C1C[C@H]2CC[C@@H](C1)N2C(=O)CCC(=O)C1CCC1. The number of nitrogens with zero attached hydrogens (tertiary/aromatic N) is 1. The van der Waals surface area contributed by atoms with Crippen LogP contribution in [0.15, 0.2) is 12.1 Å². The van der Waals surface area contributed by atoms with Crippen LogP contribution in [0.5, 0.6) is 0 Å². The van der Waals surface area contributed by atoms with Gasteiger partial charge in [-0.2, -0.15) is 0 Å². The minimum absolute atomic E-state index is 0.0499. The molecular formula is C23H29F3N2O2. The van der Waals surface area contributed by atoms with Gasteiger partial charge in [-0.05, 0) is 62.5 Å². The molecule has 0 radical (unpaired) electrons. The number of amides is 1. The maximum Gasteiger partial charge on any atom is 0.223 e. The Morgan fingerprint density at radius 2 is 1.60 bits per heavy atom. The molecular weight excluding hydrogens is 393 g/mol. The van der Waals surface area contributed by atoms with Gasteiger partial charge in [0.05, 0.1) is 0 Å². The van der Waals surface area contributed by atoms with E-state index in [0.717, 1.165) is 51.0 Å². The van der Waals surface area contributed by atoms with Crippen LogP contribution in [0.25, 0.3) is 0 Å². The van der Waals surface area contributed by atoms with Crippen molar-refractivity contribution in [2.24, 2.45) is 17.6 Å². The average Bonchev–Trinajstić information content (AvgIpc) is 2.92. The molecule has 30 heavy (non-hydrogen) atoms. The van der Waals surface area contributed by atoms with E-state index in [1.807, 2.05) is 4.90 Å². The summed E-state index contributed by atoms with van der Waals surface area (Å²) in [6, 6.07) is 1.26. The van der Waals surface area contributed by atoms with Gasteiger partial charge in [-0.25, -0.2) is 13.2 Å². The number of carbonyl (C=O) groups is 2. The number of fused-ring (bicyclic) bond motifs is 2. The highest BCUT2D eigenvalue weighted by molar-refractivity contribution is 5.87. The molecule has 1 amide bonds. The normalized spacial score (nSPS) is 27.1. The van der Waals surface area contributed by atoms with Gasteiger partial charge >= 0.3 is 0 Å². The fraction of sp³-hybridized carbons (Fsp3) is 0.652. The molecule has 1 saturated carbocycles. The summed E-state index contributed by atoms with van der Waals surface area (Å²) in [6.07, 6.45) is 7.05. The number of hydrogen-bond acceptors (Lipinski definition) is 3. The largest absolute Gasteiger partial charge is 0.337 e. The van der Waals surface area contributed by atoms with Crippen LogP contribution in [-0.4, -0.2) is 34.7 Å². The predicted octanol–water partition coefficient (Wildman–Crippen LogP) is 3.89. The molecule has 0 spiro atoms. The van der Waals surface area contributed by atoms with Crippen molar-refractivity contribution in [2.45, 2.75) is 82.3 Å². The van der Waals surface area contributed by atoms with E-state index in [2.05, 4.69) is 0 Å². The standard InChI is InChI=1S/C23H29F3N2O2/c24-18-12-20(26)19(25)10-14(18)11-21(27)15-8-16-4-5-17(9-15)28(16)23(30)7-6-22(29)13-2-1-3-13/h10,12-13,15-17,21H,1-9,11,27H2/t15?,16-,17+,21-/m1/s1. The zero-order valence-corrected chi connectivity index (χ0v) is 17.1. The Labute approximate surface area is 175 Å². The number of halogens is 3. The van der Waals surface area contributed by atoms with Crippen molar-refractivity contribution in [1.29, 1.82) is 0 Å². The Kier molecular flexibility index (Phi) is 6.19. The van der Waals surface area contributed by atoms with Gasteiger partial charge in [-0.1, -0.05) is 6.42 Å². The van der Waals surface area contributed by atoms with Gasteiger partial charge in [0.1, 0.15) is 11.6 Å². The number of Topliss-reactive ketones (excluding diaryl/α,β-unsaturated/α-hetero) is 1. The van der Waals surface area contributed by atoms with E-state index in [1.54, 1.807) is 0 Å². The number of carbonyl (C=O) groups excluding carboxylic acids is 2. The zero-order chi connectivity index (χ0) is 21.4. The summed E-state index contributed by atoms with van der Waals surface area (Å²) >= 11 is 0. The van der Waals surface area contributed by atoms with Crippen LogP contribution >= 0.6 is 0 Å². The molecule has 2 bridgehead atoms. The van der Waals surface area contributed by atoms with E-state index < -0.39 is 17.5 Å². The fourth-order valence-electron chi connectivity index (χ4n) is 5.41. The summed E-state index contributed by atoms with van der Waals surface area (Å²) in [5, 5.41) is 0. The first-order valence-corrected chi connectivity index (χ1v) is 11.1. The summed E-state index contributed by atoms with van der Waals surface area (Å²) in [6.45, 7) is 0. The van der Waals surface area contributed by atoms with Crippen LogP contribution in [0.3, 0.4) is 0 Å². The molecule has 0 aromatic heterocycles. The van der Waals surface area contributed by atoms with Crippen molar-refractivity contribution in [3.05, 3.63) is 35.1 Å². The third-order valence-corrected chi connectivity index (χ3v) is 7.35. The summed E-state index contributed by atoms with van der Waals surface area (Å²) in [5.74, 6) is -2.54. The lowest BCUT2D eigenvalue weighted by molar-refractivity contribution is -0.138. The molecule has 164 valence electrons. The molecule has 1 aromatic rings. The van der Waals surface area contributed by atoms with Gasteiger partial charge in [-0.3, -0.25) is 9.59 Å². The molecule has 4 rings (SSSR count). The number of nitrogens with two attached hydrogens (primary N) is 1. The Balaban J connectivity index is 1.33. The second kappa shape index (κ2) is 8.69. The Bertz CT molecular complexity index is 813. The molecule has 2 saturated heterocycles. The lowest BCUT2D eigenvalue weighted by Gasteiger charge is -2.41. The number of benzene rings is 1. The molecule has 1 aromatic carbocycles. The monoisotopic (exact) mass is 422 g/mol. The molecule has 3 aliphatic rings. The van der Waals surface area contributed by atoms with Crippen LogP contribution < -0.4 is 5.73 Å². The van der Waals surface area contributed by atoms with Crippen LogP contribution in [0, 0.1) is 29.3 Å². The number of rotatable bonds is 7. The fourth-order valence-corrected chi connectivity index (χ4v) is 5.41. The van der Waals surface area contributed by atoms with Crippen molar-refractivity contribution in [3.63, 3.8) is 0 Å². The first kappa shape index (κ1) is 21.3. The predicted molar refractivity (Wildman–Crippen MR) is 106 cm³/mol. The average molecular weight is 422 g/mol. The first-order chi connectivity index (χ1) is 14.3. The maximum atomic E-state index is 14.0. The van der Waals surface area contributed by atoms with Gasteiger partial charge in [0, 0.05) is 43.0 Å². The van der Waals surface area contributed by atoms with E-state index in [9.17, 15) is 22.8 Å². The summed E-state index contributed by atoms with van der Waals surface area (Å²) in [7, 11) is 0. The lowest BCUT2D eigenvalue weighted by atomic mass is 9.80. The van der Waals surface area contributed by atoms with Crippen LogP contribution in [0.2, 0.25) is 0 Å². The minimum atomic E-state index is -1.20. The second-order valence-electron chi connectivity index (χ2n) is 9.24. The first-order valence-electron chi connectivity index (χ1n) is 11.1. The molecule has 1 aliphatic carbocycles. The summed E-state index contributed by atoms with van der Waals surface area (Å²) in [4.78, 5) is 26.9.